The molecule has 90 valence electrons. The molecule has 0 saturated carbocycles. The van der Waals surface area contributed by atoms with E-state index in [1.54, 1.807) is 6.92 Å². The highest BCUT2D eigenvalue weighted by Crippen LogP contribution is 2.28. The molecule has 1 heterocycles. The monoisotopic (exact) mass is 243 g/mol. The van der Waals surface area contributed by atoms with Crippen molar-refractivity contribution in [2.24, 2.45) is 0 Å². The Balaban J connectivity index is 2.75. The van der Waals surface area contributed by atoms with Crippen LogP contribution in [0.4, 0.5) is 16.2 Å². The molecule has 0 unspecified atom stereocenters. The van der Waals surface area contributed by atoms with Crippen molar-refractivity contribution in [1.82, 2.24) is 9.97 Å². The van der Waals surface area contributed by atoms with E-state index in [-0.39, 0.29) is 23.1 Å². The number of nitrogen functional groups attached to an aromatic ring is 2. The zero-order valence-corrected chi connectivity index (χ0v) is 9.61. The van der Waals surface area contributed by atoms with Gasteiger partial charge in [0.15, 0.2) is 0 Å². The average Bonchev–Trinajstić information content (AvgIpc) is 2.28. The van der Waals surface area contributed by atoms with E-state index in [1.165, 1.54) is 18.2 Å². The van der Waals surface area contributed by atoms with E-state index in [0.29, 0.717) is 16.8 Å². The molecule has 5 nitrogen and oxygen atoms in total. The first-order chi connectivity index (χ1) is 8.52. The van der Waals surface area contributed by atoms with Crippen molar-refractivity contribution in [2.75, 3.05) is 11.5 Å². The van der Waals surface area contributed by atoms with Crippen LogP contribution in [0.25, 0.3) is 11.3 Å². The lowest BCUT2D eigenvalue weighted by Crippen LogP contribution is -2.05. The van der Waals surface area contributed by atoms with Crippen molar-refractivity contribution in [2.45, 2.75) is 6.92 Å². The molecular weight excluding hydrogens is 233 g/mol. The van der Waals surface area contributed by atoms with Crippen LogP contribution in [0.1, 0.15) is 11.1 Å². The van der Waals surface area contributed by atoms with E-state index >= 15 is 0 Å². The molecule has 0 aliphatic rings. The van der Waals surface area contributed by atoms with E-state index in [4.69, 9.17) is 16.7 Å². The fourth-order valence-corrected chi connectivity index (χ4v) is 1.69. The molecule has 0 radical (unpaired) electrons. The van der Waals surface area contributed by atoms with Gasteiger partial charge in [0.2, 0.25) is 5.95 Å². The smallest absolute Gasteiger partial charge is 0.222 e. The molecule has 0 fully saturated rings. The Morgan fingerprint density at radius 2 is 2.00 bits per heavy atom. The van der Waals surface area contributed by atoms with Crippen molar-refractivity contribution in [1.29, 1.82) is 5.26 Å². The molecule has 2 aromatic rings. The van der Waals surface area contributed by atoms with Crippen LogP contribution in [-0.2, 0) is 0 Å². The molecule has 0 saturated heterocycles. The second kappa shape index (κ2) is 4.30. The van der Waals surface area contributed by atoms with E-state index in [0.717, 1.165) is 0 Å². The number of benzene rings is 1. The van der Waals surface area contributed by atoms with Crippen LogP contribution in [0.15, 0.2) is 18.2 Å². The molecule has 0 amide bonds. The largest absolute Gasteiger partial charge is 0.382 e. The number of hydrogen-bond donors (Lipinski definition) is 2. The summed E-state index contributed by atoms with van der Waals surface area (Å²) in [6.07, 6.45) is 0. The number of rotatable bonds is 1. The Kier molecular flexibility index (Phi) is 2.81. The summed E-state index contributed by atoms with van der Waals surface area (Å²) in [5.41, 5.74) is 12.8. The number of nitrogens with zero attached hydrogens (tertiary/aromatic N) is 3. The van der Waals surface area contributed by atoms with Crippen LogP contribution in [0.5, 0.6) is 0 Å². The highest BCUT2D eigenvalue weighted by atomic mass is 19.1. The number of anilines is 2. The van der Waals surface area contributed by atoms with Gasteiger partial charge in [-0.1, -0.05) is 0 Å². The Morgan fingerprint density at radius 3 is 2.61 bits per heavy atom. The van der Waals surface area contributed by atoms with Gasteiger partial charge in [0.1, 0.15) is 23.3 Å². The Hall–Kier alpha value is -2.68. The Labute approximate surface area is 103 Å². The lowest BCUT2D eigenvalue weighted by Gasteiger charge is -2.09. The van der Waals surface area contributed by atoms with Crippen LogP contribution in [0.2, 0.25) is 0 Å². The third-order valence-corrected chi connectivity index (χ3v) is 2.51. The summed E-state index contributed by atoms with van der Waals surface area (Å²) in [5.74, 6) is -0.362. The Morgan fingerprint density at radius 1 is 1.28 bits per heavy atom. The second-order valence-corrected chi connectivity index (χ2v) is 3.76. The first kappa shape index (κ1) is 11.8. The van der Waals surface area contributed by atoms with E-state index < -0.39 is 0 Å². The van der Waals surface area contributed by atoms with Crippen molar-refractivity contribution < 1.29 is 4.39 Å². The summed E-state index contributed by atoms with van der Waals surface area (Å²) < 4.78 is 13.1. The normalized spacial score (nSPS) is 10.1. The Bertz CT molecular complexity index is 660. The third-order valence-electron chi connectivity index (χ3n) is 2.51. The van der Waals surface area contributed by atoms with E-state index in [1.807, 2.05) is 6.07 Å². The highest BCUT2D eigenvalue weighted by molar-refractivity contribution is 5.75. The zero-order chi connectivity index (χ0) is 13.3. The van der Waals surface area contributed by atoms with Crippen LogP contribution in [0, 0.1) is 24.1 Å². The molecule has 0 atom stereocenters. The molecule has 0 bridgehead atoms. The van der Waals surface area contributed by atoms with Crippen LogP contribution in [-0.4, -0.2) is 9.97 Å². The summed E-state index contributed by atoms with van der Waals surface area (Å²) in [4.78, 5) is 7.73. The molecule has 1 aromatic carbocycles. The maximum absolute atomic E-state index is 13.1. The lowest BCUT2D eigenvalue weighted by atomic mass is 10.0. The minimum Gasteiger partial charge on any atom is -0.382 e. The van der Waals surface area contributed by atoms with Gasteiger partial charge < -0.3 is 11.5 Å². The van der Waals surface area contributed by atoms with Gasteiger partial charge in [0.05, 0.1) is 5.69 Å². The number of halogens is 1. The van der Waals surface area contributed by atoms with Crippen LogP contribution >= 0.6 is 0 Å². The van der Waals surface area contributed by atoms with Crippen molar-refractivity contribution in [3.05, 3.63) is 35.1 Å². The number of aromatic nitrogens is 2. The van der Waals surface area contributed by atoms with E-state index in [9.17, 15) is 4.39 Å². The predicted octanol–water partition coefficient (Wildman–Crippen LogP) is 1.63. The number of nitrogens with two attached hydrogens (primary N) is 2. The average molecular weight is 243 g/mol. The van der Waals surface area contributed by atoms with Gasteiger partial charge in [-0.15, -0.1) is 0 Å². The van der Waals surface area contributed by atoms with Crippen LogP contribution in [0.3, 0.4) is 0 Å². The quantitative estimate of drug-likeness (QED) is 0.792. The summed E-state index contributed by atoms with van der Waals surface area (Å²) in [6.45, 7) is 1.72. The molecule has 0 spiro atoms. The topological polar surface area (TPSA) is 102 Å². The van der Waals surface area contributed by atoms with Crippen molar-refractivity contribution >= 4 is 11.8 Å². The van der Waals surface area contributed by atoms with Gasteiger partial charge in [0.25, 0.3) is 0 Å². The molecule has 0 aliphatic heterocycles. The van der Waals surface area contributed by atoms with Gasteiger partial charge in [0, 0.05) is 5.56 Å². The van der Waals surface area contributed by atoms with Gasteiger partial charge in [-0.3, -0.25) is 0 Å². The third kappa shape index (κ3) is 1.94. The number of nitriles is 1. The molecule has 6 heteroatoms. The van der Waals surface area contributed by atoms with Crippen molar-refractivity contribution in [3.8, 4) is 17.3 Å². The fraction of sp³-hybridized carbons (Fsp3) is 0.0833. The minimum atomic E-state index is -0.357. The first-order valence-corrected chi connectivity index (χ1v) is 5.12. The molecule has 4 N–H and O–H groups in total. The van der Waals surface area contributed by atoms with Gasteiger partial charge in [-0.05, 0) is 30.7 Å². The summed E-state index contributed by atoms with van der Waals surface area (Å²) in [5, 5.41) is 9.07. The van der Waals surface area contributed by atoms with Gasteiger partial charge in [-0.2, -0.15) is 10.2 Å². The number of hydrogen-bond acceptors (Lipinski definition) is 5. The fourth-order valence-electron chi connectivity index (χ4n) is 1.69. The standard InChI is InChI=1S/C12H10FN5/c1-6-4-7(13)2-3-8(6)10-9(5-14)11(15)18-12(16)17-10/h2-4H,1H3,(H4,15,16,17,18). The maximum Gasteiger partial charge on any atom is 0.222 e. The minimum absolute atomic E-state index is 0.0173. The molecule has 2 rings (SSSR count). The van der Waals surface area contributed by atoms with Crippen molar-refractivity contribution in [3.63, 3.8) is 0 Å². The predicted molar refractivity (Wildman–Crippen MR) is 65.7 cm³/mol. The lowest BCUT2D eigenvalue weighted by molar-refractivity contribution is 0.627. The highest BCUT2D eigenvalue weighted by Gasteiger charge is 2.14. The first-order valence-electron chi connectivity index (χ1n) is 5.12. The van der Waals surface area contributed by atoms with Crippen LogP contribution < -0.4 is 11.5 Å². The molecule has 0 aliphatic carbocycles. The molecular formula is C12H10FN5. The van der Waals surface area contributed by atoms with Gasteiger partial charge >= 0.3 is 0 Å². The second-order valence-electron chi connectivity index (χ2n) is 3.76. The number of aryl methyl sites for hydroxylation is 1. The molecule has 18 heavy (non-hydrogen) atoms. The summed E-state index contributed by atoms with van der Waals surface area (Å²) >= 11 is 0. The summed E-state index contributed by atoms with van der Waals surface area (Å²) in [7, 11) is 0. The zero-order valence-electron chi connectivity index (χ0n) is 9.61. The summed E-state index contributed by atoms with van der Waals surface area (Å²) in [6, 6.07) is 6.11. The van der Waals surface area contributed by atoms with E-state index in [2.05, 4.69) is 9.97 Å². The SMILES string of the molecule is Cc1cc(F)ccc1-c1nc(N)nc(N)c1C#N. The maximum atomic E-state index is 13.1. The molecule has 1 aromatic heterocycles. The van der Waals surface area contributed by atoms with Gasteiger partial charge in [-0.25, -0.2) is 9.37 Å².